The average molecular weight is 325 g/mol. The average Bonchev–Trinajstić information content (AvgIpc) is 2.64. The molecule has 2 aliphatic heterocycles. The third kappa shape index (κ3) is 3.02. The smallest absolute Gasteiger partial charge is 0.260 e. The second-order valence-corrected chi connectivity index (χ2v) is 5.93. The lowest BCUT2D eigenvalue weighted by Gasteiger charge is -2.30. The number of carbonyl (C=O) groups excluding carboxylic acids is 1. The Kier molecular flexibility index (Phi) is 3.99. The maximum atomic E-state index is 12.4. The SMILES string of the molecule is O=C(COc1ccccc1)N1CCc2cc3c(cc2C1)OCCO3. The van der Waals surface area contributed by atoms with Crippen LogP contribution in [0, 0.1) is 0 Å². The lowest BCUT2D eigenvalue weighted by Crippen LogP contribution is -2.39. The van der Waals surface area contributed by atoms with Crippen LogP contribution in [-0.2, 0) is 17.8 Å². The predicted octanol–water partition coefficient (Wildman–Crippen LogP) is 2.42. The summed E-state index contributed by atoms with van der Waals surface area (Å²) in [6.45, 7) is 2.50. The third-order valence-electron chi connectivity index (χ3n) is 4.33. The highest BCUT2D eigenvalue weighted by molar-refractivity contribution is 5.78. The number of fused-ring (bicyclic) bond motifs is 2. The molecule has 2 heterocycles. The van der Waals surface area contributed by atoms with Gasteiger partial charge in [-0.3, -0.25) is 4.79 Å². The van der Waals surface area contributed by atoms with Gasteiger partial charge in [0.2, 0.25) is 0 Å². The zero-order chi connectivity index (χ0) is 16.4. The van der Waals surface area contributed by atoms with Crippen LogP contribution in [0.5, 0.6) is 17.2 Å². The molecule has 0 fully saturated rings. The lowest BCUT2D eigenvalue weighted by atomic mass is 9.98. The van der Waals surface area contributed by atoms with Crippen LogP contribution in [0.1, 0.15) is 11.1 Å². The Morgan fingerprint density at radius 3 is 2.50 bits per heavy atom. The number of nitrogens with zero attached hydrogens (tertiary/aromatic N) is 1. The van der Waals surface area contributed by atoms with Gasteiger partial charge in [0.25, 0.3) is 5.91 Å². The van der Waals surface area contributed by atoms with Crippen molar-refractivity contribution in [3.63, 3.8) is 0 Å². The molecular formula is C19H19NO4. The van der Waals surface area contributed by atoms with E-state index in [0.29, 0.717) is 32.1 Å². The topological polar surface area (TPSA) is 48.0 Å². The number of amides is 1. The van der Waals surface area contributed by atoms with Crippen LogP contribution in [0.25, 0.3) is 0 Å². The summed E-state index contributed by atoms with van der Waals surface area (Å²) in [6.07, 6.45) is 0.822. The first-order chi connectivity index (χ1) is 11.8. The molecule has 0 N–H and O–H groups in total. The Bertz CT molecular complexity index is 745. The van der Waals surface area contributed by atoms with E-state index in [0.717, 1.165) is 23.5 Å². The van der Waals surface area contributed by atoms with E-state index in [2.05, 4.69) is 0 Å². The summed E-state index contributed by atoms with van der Waals surface area (Å²) in [5, 5.41) is 0. The first-order valence-electron chi connectivity index (χ1n) is 8.16. The molecule has 124 valence electrons. The van der Waals surface area contributed by atoms with Crippen LogP contribution in [0.15, 0.2) is 42.5 Å². The highest BCUT2D eigenvalue weighted by Crippen LogP contribution is 2.35. The molecule has 0 radical (unpaired) electrons. The van der Waals surface area contributed by atoms with Crippen LogP contribution in [-0.4, -0.2) is 37.2 Å². The standard InChI is InChI=1S/C19H19NO4/c21-19(13-24-16-4-2-1-3-5-16)20-7-6-14-10-17-18(11-15(14)12-20)23-9-8-22-17/h1-5,10-11H,6-9,12-13H2. The van der Waals surface area contributed by atoms with Gasteiger partial charge in [-0.25, -0.2) is 0 Å². The second-order valence-electron chi connectivity index (χ2n) is 5.93. The minimum Gasteiger partial charge on any atom is -0.486 e. The summed E-state index contributed by atoms with van der Waals surface area (Å²) in [5.41, 5.74) is 2.35. The van der Waals surface area contributed by atoms with Crippen molar-refractivity contribution >= 4 is 5.91 Å². The fourth-order valence-corrected chi connectivity index (χ4v) is 3.06. The van der Waals surface area contributed by atoms with Crippen molar-refractivity contribution < 1.29 is 19.0 Å². The first kappa shape index (κ1) is 14.9. The van der Waals surface area contributed by atoms with Gasteiger partial charge >= 0.3 is 0 Å². The van der Waals surface area contributed by atoms with Gasteiger partial charge in [-0.05, 0) is 41.8 Å². The van der Waals surface area contributed by atoms with Crippen molar-refractivity contribution in [1.29, 1.82) is 0 Å². The number of hydrogen-bond acceptors (Lipinski definition) is 4. The molecule has 0 atom stereocenters. The molecule has 1 amide bonds. The van der Waals surface area contributed by atoms with E-state index in [4.69, 9.17) is 14.2 Å². The predicted molar refractivity (Wildman–Crippen MR) is 88.5 cm³/mol. The molecule has 4 rings (SSSR count). The fourth-order valence-electron chi connectivity index (χ4n) is 3.06. The fraction of sp³-hybridized carbons (Fsp3) is 0.316. The van der Waals surface area contributed by atoms with E-state index >= 15 is 0 Å². The maximum absolute atomic E-state index is 12.4. The zero-order valence-corrected chi connectivity index (χ0v) is 13.4. The van der Waals surface area contributed by atoms with Crippen LogP contribution in [0.3, 0.4) is 0 Å². The Balaban J connectivity index is 1.43. The number of rotatable bonds is 3. The summed E-state index contributed by atoms with van der Waals surface area (Å²) in [6, 6.07) is 13.4. The van der Waals surface area contributed by atoms with Gasteiger partial charge < -0.3 is 19.1 Å². The van der Waals surface area contributed by atoms with Crippen molar-refractivity contribution in [2.24, 2.45) is 0 Å². The number of ether oxygens (including phenoxy) is 3. The Morgan fingerprint density at radius 1 is 1.04 bits per heavy atom. The van der Waals surface area contributed by atoms with E-state index in [-0.39, 0.29) is 12.5 Å². The Hall–Kier alpha value is -2.69. The van der Waals surface area contributed by atoms with Gasteiger partial charge in [0.05, 0.1) is 0 Å². The van der Waals surface area contributed by atoms with Crippen LogP contribution < -0.4 is 14.2 Å². The minimum atomic E-state index is -0.000563. The van der Waals surface area contributed by atoms with E-state index in [1.54, 1.807) is 0 Å². The van der Waals surface area contributed by atoms with E-state index in [1.165, 1.54) is 5.56 Å². The molecule has 24 heavy (non-hydrogen) atoms. The molecule has 0 saturated heterocycles. The summed E-state index contributed by atoms with van der Waals surface area (Å²) in [5.74, 6) is 2.30. The van der Waals surface area contributed by atoms with Gasteiger partial charge in [-0.15, -0.1) is 0 Å². The van der Waals surface area contributed by atoms with Crippen LogP contribution in [0.4, 0.5) is 0 Å². The molecule has 2 aliphatic rings. The number of hydrogen-bond donors (Lipinski definition) is 0. The van der Waals surface area contributed by atoms with Crippen LogP contribution in [0.2, 0.25) is 0 Å². The molecule has 5 nitrogen and oxygen atoms in total. The number of benzene rings is 2. The summed E-state index contributed by atoms with van der Waals surface area (Å²) >= 11 is 0. The minimum absolute atomic E-state index is 0.000563. The summed E-state index contributed by atoms with van der Waals surface area (Å²) < 4.78 is 16.8. The quantitative estimate of drug-likeness (QED) is 0.869. The molecule has 2 aromatic rings. The van der Waals surface area contributed by atoms with Gasteiger partial charge in [0, 0.05) is 13.1 Å². The summed E-state index contributed by atoms with van der Waals surface area (Å²) in [7, 11) is 0. The van der Waals surface area contributed by atoms with Crippen molar-refractivity contribution in [3.8, 4) is 17.2 Å². The van der Waals surface area contributed by atoms with Crippen LogP contribution >= 0.6 is 0 Å². The first-order valence-corrected chi connectivity index (χ1v) is 8.16. The molecule has 0 spiro atoms. The molecule has 0 aliphatic carbocycles. The largest absolute Gasteiger partial charge is 0.486 e. The molecule has 2 aromatic carbocycles. The van der Waals surface area contributed by atoms with Crippen molar-refractivity contribution in [1.82, 2.24) is 4.90 Å². The Labute approximate surface area is 140 Å². The second kappa shape index (κ2) is 6.43. The van der Waals surface area contributed by atoms with Crippen molar-refractivity contribution in [3.05, 3.63) is 53.6 Å². The number of carbonyl (C=O) groups is 1. The Morgan fingerprint density at radius 2 is 1.75 bits per heavy atom. The molecule has 0 saturated carbocycles. The summed E-state index contributed by atoms with van der Waals surface area (Å²) in [4.78, 5) is 14.2. The normalized spacial score (nSPS) is 15.6. The maximum Gasteiger partial charge on any atom is 0.260 e. The highest BCUT2D eigenvalue weighted by atomic mass is 16.6. The molecule has 0 bridgehead atoms. The van der Waals surface area contributed by atoms with E-state index < -0.39 is 0 Å². The van der Waals surface area contributed by atoms with Crippen molar-refractivity contribution in [2.75, 3.05) is 26.4 Å². The van der Waals surface area contributed by atoms with Crippen molar-refractivity contribution in [2.45, 2.75) is 13.0 Å². The lowest BCUT2D eigenvalue weighted by molar-refractivity contribution is -0.134. The number of para-hydroxylation sites is 1. The van der Waals surface area contributed by atoms with Gasteiger partial charge in [0.1, 0.15) is 19.0 Å². The monoisotopic (exact) mass is 325 g/mol. The van der Waals surface area contributed by atoms with E-state index in [1.807, 2.05) is 47.4 Å². The molecule has 0 unspecified atom stereocenters. The van der Waals surface area contributed by atoms with Gasteiger partial charge in [-0.2, -0.15) is 0 Å². The van der Waals surface area contributed by atoms with Gasteiger partial charge in [0.15, 0.2) is 18.1 Å². The molecular weight excluding hydrogens is 306 g/mol. The molecule has 5 heteroatoms. The highest BCUT2D eigenvalue weighted by Gasteiger charge is 2.24. The van der Waals surface area contributed by atoms with Gasteiger partial charge in [-0.1, -0.05) is 18.2 Å². The van der Waals surface area contributed by atoms with E-state index in [9.17, 15) is 4.79 Å². The molecule has 0 aromatic heterocycles. The zero-order valence-electron chi connectivity index (χ0n) is 13.4. The third-order valence-corrected chi connectivity index (χ3v) is 4.33.